The van der Waals surface area contributed by atoms with Gasteiger partial charge in [0, 0.05) is 17.5 Å². The summed E-state index contributed by atoms with van der Waals surface area (Å²) in [6.45, 7) is 0. The van der Waals surface area contributed by atoms with Crippen LogP contribution in [0.5, 0.6) is 0 Å². The molecule has 2 aromatic carbocycles. The molecule has 0 unspecified atom stereocenters. The lowest BCUT2D eigenvalue weighted by atomic mass is 10.2. The number of pyridine rings is 1. The Morgan fingerprint density at radius 2 is 2.00 bits per heavy atom. The van der Waals surface area contributed by atoms with E-state index in [-0.39, 0.29) is 27.7 Å². The van der Waals surface area contributed by atoms with Gasteiger partial charge >= 0.3 is 0 Å². The Balaban J connectivity index is 1.76. The number of hydrogen-bond acceptors (Lipinski definition) is 6. The number of para-hydroxylation sites is 1. The lowest BCUT2D eigenvalue weighted by Crippen LogP contribution is -2.17. The average Bonchev–Trinajstić information content (AvgIpc) is 3.15. The number of aromatic nitrogens is 3. The van der Waals surface area contributed by atoms with E-state index in [4.69, 9.17) is 11.6 Å². The van der Waals surface area contributed by atoms with Gasteiger partial charge in [-0.15, -0.1) is 0 Å². The van der Waals surface area contributed by atoms with E-state index in [1.807, 2.05) is 36.4 Å². The largest absolute Gasteiger partial charge is 0.305 e. The molecule has 0 saturated heterocycles. The fourth-order valence-electron chi connectivity index (χ4n) is 2.87. The summed E-state index contributed by atoms with van der Waals surface area (Å²) in [5.41, 5.74) is 0.423. The fourth-order valence-corrected chi connectivity index (χ4v) is 3.08. The molecule has 0 atom stereocenters. The number of nitro benzene ring substituents is 1. The summed E-state index contributed by atoms with van der Waals surface area (Å²) < 4.78 is 1.31. The van der Waals surface area contributed by atoms with Crippen LogP contribution in [0.15, 0.2) is 60.8 Å². The number of benzene rings is 2. The van der Waals surface area contributed by atoms with E-state index in [1.165, 1.54) is 23.0 Å². The molecule has 0 fully saturated rings. The summed E-state index contributed by atoms with van der Waals surface area (Å²) in [4.78, 5) is 27.7. The molecule has 10 heteroatoms. The normalized spacial score (nSPS) is 10.5. The van der Waals surface area contributed by atoms with Gasteiger partial charge < -0.3 is 5.32 Å². The molecule has 0 bridgehead atoms. The van der Waals surface area contributed by atoms with Crippen molar-refractivity contribution in [1.82, 2.24) is 14.8 Å². The minimum Gasteiger partial charge on any atom is -0.305 e. The molecule has 0 aliphatic carbocycles. The van der Waals surface area contributed by atoms with Crippen molar-refractivity contribution in [1.29, 1.82) is 5.26 Å². The Morgan fingerprint density at radius 1 is 1.20 bits per heavy atom. The first-order valence-corrected chi connectivity index (χ1v) is 8.95. The van der Waals surface area contributed by atoms with E-state index in [0.717, 1.165) is 11.5 Å². The summed E-state index contributed by atoms with van der Waals surface area (Å²) in [7, 11) is 0. The number of carbonyl (C=O) groups excluding carboxylic acids is 1. The third-order valence-electron chi connectivity index (χ3n) is 4.33. The Morgan fingerprint density at radius 3 is 2.77 bits per heavy atom. The molecule has 146 valence electrons. The number of nitriles is 1. The van der Waals surface area contributed by atoms with Crippen molar-refractivity contribution in [3.05, 3.63) is 87.1 Å². The zero-order valence-corrected chi connectivity index (χ0v) is 15.9. The smallest absolute Gasteiger partial charge is 0.270 e. The van der Waals surface area contributed by atoms with Crippen LogP contribution in [0.1, 0.15) is 15.9 Å². The number of anilines is 1. The highest BCUT2D eigenvalue weighted by atomic mass is 35.5. The van der Waals surface area contributed by atoms with Gasteiger partial charge in [0.1, 0.15) is 11.6 Å². The first-order chi connectivity index (χ1) is 14.5. The van der Waals surface area contributed by atoms with Gasteiger partial charge in [-0.25, -0.2) is 4.98 Å². The minimum absolute atomic E-state index is 0.0338. The third-order valence-corrected chi connectivity index (χ3v) is 4.66. The maximum atomic E-state index is 12.8. The summed E-state index contributed by atoms with van der Waals surface area (Å²) in [6.07, 6.45) is 1.29. The predicted octanol–water partition coefficient (Wildman–Crippen LogP) is 4.11. The first kappa shape index (κ1) is 19.0. The highest BCUT2D eigenvalue weighted by Crippen LogP contribution is 2.25. The number of halogens is 1. The maximum absolute atomic E-state index is 12.8. The van der Waals surface area contributed by atoms with Crippen molar-refractivity contribution in [3.63, 3.8) is 0 Å². The second-order valence-electron chi connectivity index (χ2n) is 6.17. The van der Waals surface area contributed by atoms with Gasteiger partial charge in [0.15, 0.2) is 11.6 Å². The molecule has 4 aromatic rings. The van der Waals surface area contributed by atoms with Gasteiger partial charge in [-0.2, -0.15) is 15.0 Å². The molecule has 0 saturated carbocycles. The van der Waals surface area contributed by atoms with Crippen LogP contribution in [0.4, 0.5) is 11.5 Å². The molecule has 0 radical (unpaired) electrons. The third kappa shape index (κ3) is 3.43. The molecule has 1 N–H and O–H groups in total. The van der Waals surface area contributed by atoms with Crippen molar-refractivity contribution < 1.29 is 9.72 Å². The van der Waals surface area contributed by atoms with Gasteiger partial charge in [0.05, 0.1) is 27.2 Å². The number of nitrogens with one attached hydrogen (secondary N) is 1. The van der Waals surface area contributed by atoms with Crippen LogP contribution in [0.3, 0.4) is 0 Å². The molecule has 9 nitrogen and oxygen atoms in total. The first-order valence-electron chi connectivity index (χ1n) is 8.57. The second-order valence-corrected chi connectivity index (χ2v) is 6.58. The number of nitrogens with zero attached hydrogens (tertiary/aromatic N) is 5. The summed E-state index contributed by atoms with van der Waals surface area (Å²) in [5, 5.41) is 28.1. The van der Waals surface area contributed by atoms with Crippen molar-refractivity contribution in [2.45, 2.75) is 0 Å². The summed E-state index contributed by atoms with van der Waals surface area (Å²) >= 11 is 6.05. The molecular formula is C20H11ClN6O3. The number of hydrogen-bond donors (Lipinski definition) is 1. The van der Waals surface area contributed by atoms with E-state index < -0.39 is 10.8 Å². The Bertz CT molecular complexity index is 1360. The van der Waals surface area contributed by atoms with Crippen LogP contribution in [0.2, 0.25) is 5.02 Å². The minimum atomic E-state index is -0.720. The number of rotatable bonds is 4. The number of carbonyl (C=O) groups is 1. The zero-order valence-electron chi connectivity index (χ0n) is 15.1. The topological polar surface area (TPSA) is 127 Å². The fraction of sp³-hybridized carbons (Fsp3) is 0. The van der Waals surface area contributed by atoms with Crippen LogP contribution in [0.25, 0.3) is 16.7 Å². The van der Waals surface area contributed by atoms with Gasteiger partial charge in [-0.3, -0.25) is 14.9 Å². The van der Waals surface area contributed by atoms with E-state index in [1.54, 1.807) is 6.07 Å². The molecule has 0 aliphatic rings. The number of fused-ring (bicyclic) bond motifs is 1. The van der Waals surface area contributed by atoms with Crippen LogP contribution >= 0.6 is 11.6 Å². The highest BCUT2D eigenvalue weighted by Gasteiger charge is 2.20. The van der Waals surface area contributed by atoms with Crippen molar-refractivity contribution >= 4 is 39.9 Å². The van der Waals surface area contributed by atoms with E-state index >= 15 is 0 Å². The van der Waals surface area contributed by atoms with Gasteiger partial charge in [-0.1, -0.05) is 29.8 Å². The SMILES string of the molecule is N#Cc1cnn(-c2ccc3ccccc3n2)c1NC(=O)c1cc([N+](=O)[O-])ccc1Cl. The van der Waals surface area contributed by atoms with E-state index in [2.05, 4.69) is 15.4 Å². The van der Waals surface area contributed by atoms with Crippen LogP contribution in [-0.2, 0) is 0 Å². The molecule has 2 aromatic heterocycles. The van der Waals surface area contributed by atoms with E-state index in [9.17, 15) is 20.2 Å². The lowest BCUT2D eigenvalue weighted by Gasteiger charge is -2.10. The Kier molecular flexibility index (Phi) is 4.83. The Labute approximate surface area is 174 Å². The zero-order chi connectivity index (χ0) is 21.3. The number of amides is 1. The van der Waals surface area contributed by atoms with Gasteiger partial charge in [0.2, 0.25) is 0 Å². The molecule has 4 rings (SSSR count). The second kappa shape index (κ2) is 7.62. The van der Waals surface area contributed by atoms with Crippen LogP contribution in [0, 0.1) is 21.4 Å². The molecule has 2 heterocycles. The Hall–Kier alpha value is -4.29. The van der Waals surface area contributed by atoms with E-state index in [0.29, 0.717) is 11.3 Å². The standard InChI is InChI=1S/C20H11ClN6O3/c21-16-7-6-14(27(29)30)9-15(16)20(28)25-19-13(10-22)11-23-26(19)18-8-5-12-3-1-2-4-17(12)24-18/h1-9,11H,(H,25,28). The molecule has 30 heavy (non-hydrogen) atoms. The summed E-state index contributed by atoms with van der Waals surface area (Å²) in [5.74, 6) is -0.258. The van der Waals surface area contributed by atoms with Crippen molar-refractivity contribution in [2.75, 3.05) is 5.32 Å². The number of nitro groups is 1. The number of non-ortho nitro benzene ring substituents is 1. The van der Waals surface area contributed by atoms with Crippen LogP contribution in [-0.4, -0.2) is 25.6 Å². The summed E-state index contributed by atoms with van der Waals surface area (Å²) in [6, 6.07) is 16.5. The van der Waals surface area contributed by atoms with Crippen molar-refractivity contribution in [2.24, 2.45) is 0 Å². The monoisotopic (exact) mass is 418 g/mol. The molecule has 1 amide bonds. The van der Waals surface area contributed by atoms with Gasteiger partial charge in [0.25, 0.3) is 11.6 Å². The molecule has 0 aliphatic heterocycles. The van der Waals surface area contributed by atoms with Crippen molar-refractivity contribution in [3.8, 4) is 11.9 Å². The average molecular weight is 419 g/mol. The highest BCUT2D eigenvalue weighted by molar-refractivity contribution is 6.34. The molecule has 0 spiro atoms. The maximum Gasteiger partial charge on any atom is 0.270 e. The van der Waals surface area contributed by atoms with Gasteiger partial charge in [-0.05, 0) is 24.3 Å². The quantitative estimate of drug-likeness (QED) is 0.392. The predicted molar refractivity (Wildman–Crippen MR) is 110 cm³/mol. The van der Waals surface area contributed by atoms with Crippen LogP contribution < -0.4 is 5.32 Å². The molecular weight excluding hydrogens is 408 g/mol. The lowest BCUT2D eigenvalue weighted by molar-refractivity contribution is -0.384.